The normalized spacial score (nSPS) is 14.3. The van der Waals surface area contributed by atoms with Crippen molar-refractivity contribution in [3.8, 4) is 0 Å². The number of hydrogen-bond acceptors (Lipinski definition) is 1. The Bertz CT molecular complexity index is 131. The first-order valence-electron chi connectivity index (χ1n) is 3.82. The van der Waals surface area contributed by atoms with Crippen LogP contribution in [0.3, 0.4) is 0 Å². The monoisotopic (exact) mass is 181 g/mol. The number of hydrogen-bond donors (Lipinski definition) is 1. The Morgan fingerprint density at radius 1 is 1.50 bits per heavy atom. The van der Waals surface area contributed by atoms with E-state index in [1.54, 1.807) is 7.05 Å². The topological polar surface area (TPSA) is 12.0 Å². The molecule has 0 aromatic rings. The van der Waals surface area contributed by atoms with Gasteiger partial charge >= 0.3 is 6.18 Å². The standard InChI is InChI=1S/C8H14F3N/c1-3-4-7(6-12-2)5-8(9,10)11/h3,7,12H,1,4-6H2,2H3/t7-/m0/s1. The molecule has 0 saturated heterocycles. The molecule has 0 heterocycles. The molecule has 0 radical (unpaired) electrons. The molecule has 1 N–H and O–H groups in total. The van der Waals surface area contributed by atoms with Gasteiger partial charge in [-0.2, -0.15) is 13.2 Å². The minimum absolute atomic E-state index is 0.380. The molecule has 1 atom stereocenters. The number of rotatable bonds is 5. The van der Waals surface area contributed by atoms with Crippen molar-refractivity contribution in [3.63, 3.8) is 0 Å². The third-order valence-electron chi connectivity index (χ3n) is 1.51. The van der Waals surface area contributed by atoms with Crippen LogP contribution in [0.25, 0.3) is 0 Å². The van der Waals surface area contributed by atoms with E-state index in [1.807, 2.05) is 0 Å². The molecular weight excluding hydrogens is 167 g/mol. The van der Waals surface area contributed by atoms with Crippen LogP contribution in [0.2, 0.25) is 0 Å². The summed E-state index contributed by atoms with van der Waals surface area (Å²) in [4.78, 5) is 0. The van der Waals surface area contributed by atoms with Gasteiger partial charge < -0.3 is 5.32 Å². The summed E-state index contributed by atoms with van der Waals surface area (Å²) in [5.41, 5.74) is 0. The highest BCUT2D eigenvalue weighted by Crippen LogP contribution is 2.26. The molecule has 0 aliphatic rings. The van der Waals surface area contributed by atoms with Crippen molar-refractivity contribution < 1.29 is 13.2 Å². The van der Waals surface area contributed by atoms with Crippen LogP contribution in [0.5, 0.6) is 0 Å². The summed E-state index contributed by atoms with van der Waals surface area (Å²) in [6.45, 7) is 3.80. The fourth-order valence-electron chi connectivity index (χ4n) is 1.09. The maximum Gasteiger partial charge on any atom is 0.389 e. The average molecular weight is 181 g/mol. The summed E-state index contributed by atoms with van der Waals surface area (Å²) in [5.74, 6) is -0.382. The number of halogens is 3. The predicted molar refractivity (Wildman–Crippen MR) is 42.9 cm³/mol. The van der Waals surface area contributed by atoms with E-state index in [9.17, 15) is 13.2 Å². The highest BCUT2D eigenvalue weighted by atomic mass is 19.4. The molecule has 0 fully saturated rings. The van der Waals surface area contributed by atoms with E-state index >= 15 is 0 Å². The maximum atomic E-state index is 11.9. The Balaban J connectivity index is 3.85. The highest BCUT2D eigenvalue weighted by molar-refractivity contribution is 4.76. The second kappa shape index (κ2) is 5.19. The summed E-state index contributed by atoms with van der Waals surface area (Å²) in [7, 11) is 1.65. The second-order valence-electron chi connectivity index (χ2n) is 2.77. The van der Waals surface area contributed by atoms with E-state index in [2.05, 4.69) is 11.9 Å². The van der Waals surface area contributed by atoms with Crippen LogP contribution in [-0.4, -0.2) is 19.8 Å². The molecule has 0 amide bonds. The van der Waals surface area contributed by atoms with Crippen LogP contribution in [-0.2, 0) is 0 Å². The van der Waals surface area contributed by atoms with E-state index in [0.717, 1.165) is 0 Å². The summed E-state index contributed by atoms with van der Waals surface area (Å²) in [6, 6.07) is 0. The molecule has 0 aliphatic heterocycles. The van der Waals surface area contributed by atoms with Gasteiger partial charge in [0.05, 0.1) is 0 Å². The van der Waals surface area contributed by atoms with Crippen molar-refractivity contribution in [1.29, 1.82) is 0 Å². The van der Waals surface area contributed by atoms with Crippen molar-refractivity contribution in [3.05, 3.63) is 12.7 Å². The zero-order chi connectivity index (χ0) is 9.61. The molecule has 72 valence electrons. The Morgan fingerprint density at radius 3 is 2.42 bits per heavy atom. The largest absolute Gasteiger partial charge is 0.389 e. The van der Waals surface area contributed by atoms with Crippen LogP contribution in [0.1, 0.15) is 12.8 Å². The van der Waals surface area contributed by atoms with Gasteiger partial charge in [0.2, 0.25) is 0 Å². The molecule has 0 saturated carbocycles. The van der Waals surface area contributed by atoms with E-state index in [0.29, 0.717) is 13.0 Å². The zero-order valence-corrected chi connectivity index (χ0v) is 7.12. The minimum Gasteiger partial charge on any atom is -0.319 e. The van der Waals surface area contributed by atoms with Crippen LogP contribution in [0, 0.1) is 5.92 Å². The maximum absolute atomic E-state index is 11.9. The first kappa shape index (κ1) is 11.5. The van der Waals surface area contributed by atoms with Gasteiger partial charge in [-0.3, -0.25) is 0 Å². The molecule has 0 bridgehead atoms. The van der Waals surface area contributed by atoms with Gasteiger partial charge in [-0.05, 0) is 25.9 Å². The highest BCUT2D eigenvalue weighted by Gasteiger charge is 2.30. The van der Waals surface area contributed by atoms with Gasteiger partial charge in [0, 0.05) is 6.42 Å². The smallest absolute Gasteiger partial charge is 0.319 e. The van der Waals surface area contributed by atoms with Gasteiger partial charge in [0.1, 0.15) is 0 Å². The first-order valence-corrected chi connectivity index (χ1v) is 3.82. The van der Waals surface area contributed by atoms with Gasteiger partial charge in [0.15, 0.2) is 0 Å². The summed E-state index contributed by atoms with van der Waals surface area (Å²) < 4.78 is 35.7. The molecular formula is C8H14F3N. The lowest BCUT2D eigenvalue weighted by Crippen LogP contribution is -2.24. The van der Waals surface area contributed by atoms with Crippen molar-refractivity contribution in [2.45, 2.75) is 19.0 Å². The van der Waals surface area contributed by atoms with Crippen LogP contribution < -0.4 is 5.32 Å². The predicted octanol–water partition coefficient (Wildman–Crippen LogP) is 2.35. The van der Waals surface area contributed by atoms with Crippen molar-refractivity contribution >= 4 is 0 Å². The van der Waals surface area contributed by atoms with Crippen molar-refractivity contribution in [1.82, 2.24) is 5.32 Å². The van der Waals surface area contributed by atoms with E-state index in [4.69, 9.17) is 0 Å². The lowest BCUT2D eigenvalue weighted by Gasteiger charge is -2.16. The summed E-state index contributed by atoms with van der Waals surface area (Å²) >= 11 is 0. The molecule has 0 aromatic heterocycles. The molecule has 0 aliphatic carbocycles. The fraction of sp³-hybridized carbons (Fsp3) is 0.750. The van der Waals surface area contributed by atoms with Gasteiger partial charge in [-0.15, -0.1) is 6.58 Å². The molecule has 0 aromatic carbocycles. The SMILES string of the molecule is C=CC[C@H](CNC)CC(F)(F)F. The van der Waals surface area contributed by atoms with Crippen LogP contribution in [0.4, 0.5) is 13.2 Å². The van der Waals surface area contributed by atoms with Crippen LogP contribution >= 0.6 is 0 Å². The quantitative estimate of drug-likeness (QED) is 0.642. The third kappa shape index (κ3) is 6.22. The Hall–Kier alpha value is -0.510. The minimum atomic E-state index is -4.06. The van der Waals surface area contributed by atoms with Crippen molar-refractivity contribution in [2.24, 2.45) is 5.92 Å². The first-order chi connectivity index (χ1) is 5.49. The fourth-order valence-corrected chi connectivity index (χ4v) is 1.09. The van der Waals surface area contributed by atoms with Gasteiger partial charge in [-0.1, -0.05) is 6.08 Å². The lowest BCUT2D eigenvalue weighted by molar-refractivity contribution is -0.143. The molecule has 0 rings (SSSR count). The molecule has 12 heavy (non-hydrogen) atoms. The molecule has 0 spiro atoms. The Kier molecular flexibility index (Phi) is 4.97. The number of allylic oxidation sites excluding steroid dienone is 1. The summed E-state index contributed by atoms with van der Waals surface area (Å²) in [5, 5.41) is 2.73. The Morgan fingerprint density at radius 2 is 2.08 bits per heavy atom. The van der Waals surface area contributed by atoms with E-state index in [1.165, 1.54) is 6.08 Å². The lowest BCUT2D eigenvalue weighted by atomic mass is 10.0. The van der Waals surface area contributed by atoms with E-state index < -0.39 is 12.6 Å². The molecule has 1 nitrogen and oxygen atoms in total. The summed E-state index contributed by atoms with van der Waals surface area (Å²) in [6.07, 6.45) is -2.88. The Labute approximate surface area is 70.7 Å². The third-order valence-corrected chi connectivity index (χ3v) is 1.51. The van der Waals surface area contributed by atoms with Gasteiger partial charge in [0.25, 0.3) is 0 Å². The van der Waals surface area contributed by atoms with Crippen LogP contribution in [0.15, 0.2) is 12.7 Å². The van der Waals surface area contributed by atoms with Crippen molar-refractivity contribution in [2.75, 3.05) is 13.6 Å². The van der Waals surface area contributed by atoms with Gasteiger partial charge in [-0.25, -0.2) is 0 Å². The zero-order valence-electron chi connectivity index (χ0n) is 7.12. The second-order valence-corrected chi connectivity index (χ2v) is 2.77. The molecule has 0 unspecified atom stereocenters. The number of alkyl halides is 3. The number of nitrogens with one attached hydrogen (secondary N) is 1. The average Bonchev–Trinajstić information content (AvgIpc) is 1.84. The van der Waals surface area contributed by atoms with E-state index in [-0.39, 0.29) is 5.92 Å². The molecule has 4 heteroatoms.